The average molecular weight is 344 g/mol. The Bertz CT molecular complexity index is 855. The lowest BCUT2D eigenvalue weighted by molar-refractivity contribution is 0.0396. The summed E-state index contributed by atoms with van der Waals surface area (Å²) in [5, 5.41) is 24.0. The summed E-state index contributed by atoms with van der Waals surface area (Å²) in [5.74, 6) is 0.292. The predicted molar refractivity (Wildman–Crippen MR) is 88.0 cm³/mol. The topological polar surface area (TPSA) is 112 Å². The van der Waals surface area contributed by atoms with Gasteiger partial charge < -0.3 is 20.6 Å². The van der Waals surface area contributed by atoms with Crippen LogP contribution in [0.2, 0.25) is 0 Å². The van der Waals surface area contributed by atoms with E-state index in [4.69, 9.17) is 0 Å². The van der Waals surface area contributed by atoms with Crippen LogP contribution in [0.3, 0.4) is 0 Å². The van der Waals surface area contributed by atoms with Crippen molar-refractivity contribution in [3.05, 3.63) is 29.7 Å². The lowest BCUT2D eigenvalue weighted by atomic mass is 9.90. The van der Waals surface area contributed by atoms with E-state index in [0.29, 0.717) is 36.7 Å². The number of aromatic nitrogens is 3. The molecule has 1 spiro atoms. The normalized spacial score (nSPS) is 19.8. The molecular weight excluding hydrogens is 324 g/mol. The Kier molecular flexibility index (Phi) is 3.43. The number of nitrogens with zero attached hydrogens (tertiary/aromatic N) is 4. The number of hydrogen-bond acceptors (Lipinski definition) is 5. The third-order valence-corrected chi connectivity index (χ3v) is 4.81. The largest absolute Gasteiger partial charge is 0.385 e. The standard InChI is InChI=1S/C16H20N6O3/c1-9(2)12(23)13-20-19-11-4-3-10(5-22(11)13)14(24)21-7-16(8-21)6-17-15(25)18-16/h3-5,9,12,23H,6-8H2,1-2H3,(H2,17,18,25). The molecule has 9 heteroatoms. The average Bonchev–Trinajstić information content (AvgIpc) is 3.15. The quantitative estimate of drug-likeness (QED) is 0.721. The first kappa shape index (κ1) is 15.8. The van der Waals surface area contributed by atoms with Gasteiger partial charge in [-0.2, -0.15) is 0 Å². The third kappa shape index (κ3) is 2.51. The molecule has 2 saturated heterocycles. The van der Waals surface area contributed by atoms with E-state index in [-0.39, 0.29) is 23.4 Å². The van der Waals surface area contributed by atoms with Gasteiger partial charge in [-0.05, 0) is 18.1 Å². The number of fused-ring (bicyclic) bond motifs is 1. The Hall–Kier alpha value is -2.68. The van der Waals surface area contributed by atoms with Gasteiger partial charge in [0, 0.05) is 25.8 Å². The maximum Gasteiger partial charge on any atom is 0.315 e. The predicted octanol–water partition coefficient (Wildman–Crippen LogP) is -0.0739. The van der Waals surface area contributed by atoms with E-state index >= 15 is 0 Å². The monoisotopic (exact) mass is 344 g/mol. The van der Waals surface area contributed by atoms with Gasteiger partial charge in [0.05, 0.1) is 11.1 Å². The van der Waals surface area contributed by atoms with Gasteiger partial charge in [0.2, 0.25) is 0 Å². The number of rotatable bonds is 3. The first-order valence-corrected chi connectivity index (χ1v) is 8.27. The van der Waals surface area contributed by atoms with Gasteiger partial charge in [-0.1, -0.05) is 13.8 Å². The number of likely N-dealkylation sites (tertiary alicyclic amines) is 1. The van der Waals surface area contributed by atoms with Crippen molar-refractivity contribution in [2.45, 2.75) is 25.5 Å². The Morgan fingerprint density at radius 1 is 1.32 bits per heavy atom. The summed E-state index contributed by atoms with van der Waals surface area (Å²) in [5.41, 5.74) is 0.738. The molecule has 2 fully saturated rings. The minimum atomic E-state index is -0.757. The maximum atomic E-state index is 12.7. The van der Waals surface area contributed by atoms with Gasteiger partial charge in [0.15, 0.2) is 11.5 Å². The first-order valence-electron chi connectivity index (χ1n) is 8.27. The molecule has 0 bridgehead atoms. The summed E-state index contributed by atoms with van der Waals surface area (Å²) in [7, 11) is 0. The minimum Gasteiger partial charge on any atom is -0.385 e. The van der Waals surface area contributed by atoms with E-state index < -0.39 is 6.10 Å². The van der Waals surface area contributed by atoms with Crippen molar-refractivity contribution in [3.8, 4) is 0 Å². The van der Waals surface area contributed by atoms with E-state index in [0.717, 1.165) is 0 Å². The second-order valence-electron chi connectivity index (χ2n) is 7.14. The number of nitrogens with one attached hydrogen (secondary N) is 2. The molecule has 3 amide bonds. The molecule has 9 nitrogen and oxygen atoms in total. The summed E-state index contributed by atoms with van der Waals surface area (Å²) in [6.45, 7) is 5.28. The molecule has 2 aliphatic heterocycles. The van der Waals surface area contributed by atoms with E-state index in [1.807, 2.05) is 13.8 Å². The molecule has 2 aromatic rings. The zero-order chi connectivity index (χ0) is 17.8. The Morgan fingerprint density at radius 2 is 2.08 bits per heavy atom. The molecule has 2 aromatic heterocycles. The number of hydrogen-bond donors (Lipinski definition) is 3. The first-order chi connectivity index (χ1) is 11.9. The number of aliphatic hydroxyl groups excluding tert-OH is 1. The van der Waals surface area contributed by atoms with Gasteiger partial charge in [-0.25, -0.2) is 4.79 Å². The second kappa shape index (κ2) is 5.41. The van der Waals surface area contributed by atoms with Gasteiger partial charge in [0.25, 0.3) is 5.91 Å². The highest BCUT2D eigenvalue weighted by molar-refractivity contribution is 5.95. The Labute approximate surface area is 144 Å². The summed E-state index contributed by atoms with van der Waals surface area (Å²) >= 11 is 0. The van der Waals surface area contributed by atoms with Crippen LogP contribution in [0, 0.1) is 5.92 Å². The third-order valence-electron chi connectivity index (χ3n) is 4.81. The second-order valence-corrected chi connectivity index (χ2v) is 7.14. The van der Waals surface area contributed by atoms with E-state index in [1.165, 1.54) is 0 Å². The van der Waals surface area contributed by atoms with Crippen molar-refractivity contribution < 1.29 is 14.7 Å². The van der Waals surface area contributed by atoms with Crippen LogP contribution in [-0.2, 0) is 0 Å². The molecule has 1 unspecified atom stereocenters. The molecule has 4 rings (SSSR count). The minimum absolute atomic E-state index is 0.0134. The van der Waals surface area contributed by atoms with Crippen molar-refractivity contribution in [2.75, 3.05) is 19.6 Å². The van der Waals surface area contributed by atoms with Crippen LogP contribution in [0.25, 0.3) is 5.65 Å². The molecule has 4 heterocycles. The van der Waals surface area contributed by atoms with Crippen molar-refractivity contribution in [3.63, 3.8) is 0 Å². The number of pyridine rings is 1. The molecule has 0 aliphatic carbocycles. The molecule has 2 aliphatic rings. The SMILES string of the molecule is CC(C)C(O)c1nnc2ccc(C(=O)N3CC4(CNC(=O)N4)C3)cn12. The molecule has 0 aromatic carbocycles. The van der Waals surface area contributed by atoms with Crippen molar-refractivity contribution in [1.29, 1.82) is 0 Å². The fourth-order valence-electron chi connectivity index (χ4n) is 3.31. The lowest BCUT2D eigenvalue weighted by Crippen LogP contribution is -2.70. The zero-order valence-corrected chi connectivity index (χ0v) is 14.1. The smallest absolute Gasteiger partial charge is 0.315 e. The number of carbonyl (C=O) groups excluding carboxylic acids is 2. The summed E-state index contributed by atoms with van der Waals surface area (Å²) in [6.07, 6.45) is 0.905. The fourth-order valence-corrected chi connectivity index (χ4v) is 3.31. The van der Waals surface area contributed by atoms with Crippen LogP contribution < -0.4 is 10.6 Å². The lowest BCUT2D eigenvalue weighted by Gasteiger charge is -2.46. The zero-order valence-electron chi connectivity index (χ0n) is 14.1. The molecule has 0 radical (unpaired) electrons. The van der Waals surface area contributed by atoms with Crippen LogP contribution in [0.15, 0.2) is 18.3 Å². The molecule has 3 N–H and O–H groups in total. The van der Waals surface area contributed by atoms with Gasteiger partial charge in [0.1, 0.15) is 6.10 Å². The van der Waals surface area contributed by atoms with Gasteiger partial charge >= 0.3 is 6.03 Å². The van der Waals surface area contributed by atoms with Crippen molar-refractivity contribution in [1.82, 2.24) is 30.1 Å². The Balaban J connectivity index is 1.56. The van der Waals surface area contributed by atoms with Crippen LogP contribution in [0.1, 0.15) is 36.1 Å². The fraction of sp³-hybridized carbons (Fsp3) is 0.500. The maximum absolute atomic E-state index is 12.7. The summed E-state index contributed by atoms with van der Waals surface area (Å²) in [4.78, 5) is 25.7. The highest BCUT2D eigenvalue weighted by Crippen LogP contribution is 2.26. The number of carbonyl (C=O) groups is 2. The molecule has 25 heavy (non-hydrogen) atoms. The van der Waals surface area contributed by atoms with Gasteiger partial charge in [-0.3, -0.25) is 9.20 Å². The van der Waals surface area contributed by atoms with E-state index in [2.05, 4.69) is 20.8 Å². The molecule has 1 atom stereocenters. The Morgan fingerprint density at radius 3 is 2.72 bits per heavy atom. The van der Waals surface area contributed by atoms with E-state index in [1.54, 1.807) is 27.6 Å². The molecular formula is C16H20N6O3. The number of amides is 3. The highest BCUT2D eigenvalue weighted by Gasteiger charge is 2.49. The summed E-state index contributed by atoms with van der Waals surface area (Å²) < 4.78 is 1.66. The van der Waals surface area contributed by atoms with Crippen molar-refractivity contribution >= 4 is 17.6 Å². The van der Waals surface area contributed by atoms with Crippen molar-refractivity contribution in [2.24, 2.45) is 5.92 Å². The summed E-state index contributed by atoms with van der Waals surface area (Å²) in [6, 6.07) is 3.23. The van der Waals surface area contributed by atoms with Crippen LogP contribution in [0.5, 0.6) is 0 Å². The van der Waals surface area contributed by atoms with Crippen LogP contribution in [-0.4, -0.2) is 61.7 Å². The molecule has 0 saturated carbocycles. The molecule has 132 valence electrons. The van der Waals surface area contributed by atoms with Gasteiger partial charge in [-0.15, -0.1) is 10.2 Å². The number of aliphatic hydroxyl groups is 1. The van der Waals surface area contributed by atoms with Crippen LogP contribution >= 0.6 is 0 Å². The van der Waals surface area contributed by atoms with Crippen LogP contribution in [0.4, 0.5) is 4.79 Å². The number of urea groups is 1. The van der Waals surface area contributed by atoms with E-state index in [9.17, 15) is 14.7 Å². The highest BCUT2D eigenvalue weighted by atomic mass is 16.3.